The molecule has 0 aliphatic heterocycles. The SMILES string of the molecule is CC(O)C(N)CNc1ccc(S(=O)(=O)C(F)F)cc1. The van der Waals surface area contributed by atoms with E-state index in [0.717, 1.165) is 12.1 Å². The van der Waals surface area contributed by atoms with Gasteiger partial charge in [-0.05, 0) is 31.2 Å². The fraction of sp³-hybridized carbons (Fsp3) is 0.455. The van der Waals surface area contributed by atoms with Crippen LogP contribution in [0.2, 0.25) is 0 Å². The highest BCUT2D eigenvalue weighted by Crippen LogP contribution is 2.20. The van der Waals surface area contributed by atoms with Crippen molar-refractivity contribution in [1.82, 2.24) is 0 Å². The van der Waals surface area contributed by atoms with Gasteiger partial charge in [-0.25, -0.2) is 8.42 Å². The monoisotopic (exact) mass is 294 g/mol. The lowest BCUT2D eigenvalue weighted by atomic mass is 10.2. The lowest BCUT2D eigenvalue weighted by Gasteiger charge is -2.16. The lowest BCUT2D eigenvalue weighted by Crippen LogP contribution is -2.38. The van der Waals surface area contributed by atoms with Gasteiger partial charge in [-0.15, -0.1) is 0 Å². The zero-order chi connectivity index (χ0) is 14.6. The molecule has 0 aliphatic rings. The first-order valence-corrected chi connectivity index (χ1v) is 7.09. The average molecular weight is 294 g/mol. The van der Waals surface area contributed by atoms with Crippen molar-refractivity contribution in [2.75, 3.05) is 11.9 Å². The second-order valence-corrected chi connectivity index (χ2v) is 6.03. The van der Waals surface area contributed by atoms with Gasteiger partial charge in [0.2, 0.25) is 9.84 Å². The van der Waals surface area contributed by atoms with Gasteiger partial charge in [0.15, 0.2) is 0 Å². The molecule has 0 spiro atoms. The number of nitrogens with one attached hydrogen (secondary N) is 1. The van der Waals surface area contributed by atoms with Crippen molar-refractivity contribution in [3.05, 3.63) is 24.3 Å². The van der Waals surface area contributed by atoms with E-state index in [2.05, 4.69) is 5.32 Å². The minimum atomic E-state index is -4.56. The zero-order valence-electron chi connectivity index (χ0n) is 10.3. The van der Waals surface area contributed by atoms with Gasteiger partial charge < -0.3 is 16.2 Å². The van der Waals surface area contributed by atoms with E-state index in [0.29, 0.717) is 5.69 Å². The molecular weight excluding hydrogens is 278 g/mol. The van der Waals surface area contributed by atoms with E-state index in [1.165, 1.54) is 12.1 Å². The maximum absolute atomic E-state index is 12.3. The number of aliphatic hydroxyl groups excluding tert-OH is 1. The van der Waals surface area contributed by atoms with Gasteiger partial charge in [0, 0.05) is 18.3 Å². The van der Waals surface area contributed by atoms with Crippen LogP contribution in [0.4, 0.5) is 14.5 Å². The molecule has 0 aromatic heterocycles. The van der Waals surface area contributed by atoms with E-state index >= 15 is 0 Å². The number of benzene rings is 1. The summed E-state index contributed by atoms with van der Waals surface area (Å²) in [5, 5.41) is 12.0. The average Bonchev–Trinajstić information content (AvgIpc) is 2.36. The number of halogens is 2. The fourth-order valence-corrected chi connectivity index (χ4v) is 1.99. The summed E-state index contributed by atoms with van der Waals surface area (Å²) >= 11 is 0. The smallest absolute Gasteiger partial charge is 0.341 e. The van der Waals surface area contributed by atoms with Crippen LogP contribution in [-0.4, -0.2) is 38.0 Å². The third-order valence-electron chi connectivity index (χ3n) is 2.58. The molecule has 4 N–H and O–H groups in total. The molecule has 0 bridgehead atoms. The minimum Gasteiger partial charge on any atom is -0.392 e. The molecule has 0 heterocycles. The summed E-state index contributed by atoms with van der Waals surface area (Å²) < 4.78 is 46.9. The molecule has 2 atom stereocenters. The molecule has 8 heteroatoms. The molecule has 1 aromatic carbocycles. The third-order valence-corrected chi connectivity index (χ3v) is 3.98. The van der Waals surface area contributed by atoms with E-state index in [9.17, 15) is 22.3 Å². The number of nitrogens with two attached hydrogens (primary N) is 1. The summed E-state index contributed by atoms with van der Waals surface area (Å²) in [6.45, 7) is 1.82. The van der Waals surface area contributed by atoms with Gasteiger partial charge in [-0.2, -0.15) is 8.78 Å². The van der Waals surface area contributed by atoms with Gasteiger partial charge >= 0.3 is 5.76 Å². The summed E-state index contributed by atoms with van der Waals surface area (Å²) in [6, 6.07) is 4.44. The molecule has 0 aliphatic carbocycles. The Kier molecular flexibility index (Phi) is 5.21. The highest BCUT2D eigenvalue weighted by Gasteiger charge is 2.26. The Morgan fingerprint density at radius 2 is 1.84 bits per heavy atom. The fourth-order valence-electron chi connectivity index (χ4n) is 1.27. The molecule has 0 saturated heterocycles. The Balaban J connectivity index is 2.73. The molecule has 5 nitrogen and oxygen atoms in total. The van der Waals surface area contributed by atoms with E-state index in [1.807, 2.05) is 0 Å². The Labute approximate surface area is 110 Å². The summed E-state index contributed by atoms with van der Waals surface area (Å²) in [5.74, 6) is -3.44. The van der Waals surface area contributed by atoms with Gasteiger partial charge in [0.25, 0.3) is 0 Å². The van der Waals surface area contributed by atoms with Crippen LogP contribution in [0.15, 0.2) is 29.2 Å². The topological polar surface area (TPSA) is 92.4 Å². The Morgan fingerprint density at radius 3 is 2.26 bits per heavy atom. The van der Waals surface area contributed by atoms with Crippen LogP contribution in [0.5, 0.6) is 0 Å². The quantitative estimate of drug-likeness (QED) is 0.722. The molecule has 1 aromatic rings. The van der Waals surface area contributed by atoms with Crippen molar-refractivity contribution in [3.63, 3.8) is 0 Å². The molecule has 0 radical (unpaired) electrons. The predicted octanol–water partition coefficient (Wildman–Crippen LogP) is 0.803. The predicted molar refractivity (Wildman–Crippen MR) is 67.8 cm³/mol. The van der Waals surface area contributed by atoms with Crippen molar-refractivity contribution in [1.29, 1.82) is 0 Å². The Bertz CT molecular complexity index is 503. The second kappa shape index (κ2) is 6.27. The summed E-state index contributed by atoms with van der Waals surface area (Å²) in [5.41, 5.74) is 6.13. The zero-order valence-corrected chi connectivity index (χ0v) is 11.1. The maximum Gasteiger partial charge on any atom is 0.341 e. The first-order valence-electron chi connectivity index (χ1n) is 5.54. The highest BCUT2D eigenvalue weighted by molar-refractivity contribution is 7.91. The van der Waals surface area contributed by atoms with Gasteiger partial charge in [-0.1, -0.05) is 0 Å². The Hall–Kier alpha value is -1.25. The van der Waals surface area contributed by atoms with Gasteiger partial charge in [0.05, 0.1) is 11.0 Å². The van der Waals surface area contributed by atoms with Gasteiger partial charge in [-0.3, -0.25) is 0 Å². The van der Waals surface area contributed by atoms with E-state index < -0.39 is 32.6 Å². The van der Waals surface area contributed by atoms with Crippen LogP contribution in [0.25, 0.3) is 0 Å². The van der Waals surface area contributed by atoms with Crippen molar-refractivity contribution in [3.8, 4) is 0 Å². The number of hydrogen-bond donors (Lipinski definition) is 3. The molecule has 108 valence electrons. The maximum atomic E-state index is 12.3. The van der Waals surface area contributed by atoms with Crippen LogP contribution < -0.4 is 11.1 Å². The first-order chi connectivity index (χ1) is 8.75. The molecule has 19 heavy (non-hydrogen) atoms. The van der Waals surface area contributed by atoms with Crippen LogP contribution in [-0.2, 0) is 9.84 Å². The Morgan fingerprint density at radius 1 is 1.32 bits per heavy atom. The number of sulfone groups is 1. The van der Waals surface area contributed by atoms with Crippen molar-refractivity contribution < 1.29 is 22.3 Å². The third kappa shape index (κ3) is 4.12. The highest BCUT2D eigenvalue weighted by atomic mass is 32.2. The number of aliphatic hydroxyl groups is 1. The van der Waals surface area contributed by atoms with Crippen LogP contribution in [0, 0.1) is 0 Å². The van der Waals surface area contributed by atoms with Crippen molar-refractivity contribution >= 4 is 15.5 Å². The first kappa shape index (κ1) is 15.8. The van der Waals surface area contributed by atoms with Crippen LogP contribution in [0.1, 0.15) is 6.92 Å². The molecule has 2 unspecified atom stereocenters. The standard InChI is InChI=1S/C11H16F2N2O3S/c1-7(16)10(14)6-15-8-2-4-9(5-3-8)19(17,18)11(12)13/h2-5,7,10-11,15-16H,6,14H2,1H3. The molecule has 1 rings (SSSR count). The van der Waals surface area contributed by atoms with Crippen LogP contribution in [0.3, 0.4) is 0 Å². The molecule has 0 amide bonds. The molecule has 0 saturated carbocycles. The number of hydrogen-bond acceptors (Lipinski definition) is 5. The van der Waals surface area contributed by atoms with Crippen LogP contribution >= 0.6 is 0 Å². The van der Waals surface area contributed by atoms with Gasteiger partial charge in [0.1, 0.15) is 0 Å². The largest absolute Gasteiger partial charge is 0.392 e. The van der Waals surface area contributed by atoms with E-state index in [4.69, 9.17) is 5.73 Å². The summed E-state index contributed by atoms with van der Waals surface area (Å²) in [6.07, 6.45) is -0.689. The number of alkyl halides is 2. The summed E-state index contributed by atoms with van der Waals surface area (Å²) in [7, 11) is -4.56. The van der Waals surface area contributed by atoms with Crippen molar-refractivity contribution in [2.45, 2.75) is 29.7 Å². The van der Waals surface area contributed by atoms with Crippen molar-refractivity contribution in [2.24, 2.45) is 5.73 Å². The van der Waals surface area contributed by atoms with E-state index in [1.54, 1.807) is 6.92 Å². The number of anilines is 1. The second-order valence-electron chi connectivity index (χ2n) is 4.12. The lowest BCUT2D eigenvalue weighted by molar-refractivity contribution is 0.168. The minimum absolute atomic E-state index is 0.276. The van der Waals surface area contributed by atoms with E-state index in [-0.39, 0.29) is 6.54 Å². The normalized spacial score (nSPS) is 15.3. The summed E-state index contributed by atoms with van der Waals surface area (Å²) in [4.78, 5) is -0.437. The number of rotatable bonds is 6. The molecule has 0 fully saturated rings. The molecular formula is C11H16F2N2O3S.